The number of nitrogens with one attached hydrogen (secondary N) is 1. The molecule has 3 amide bonds. The van der Waals surface area contributed by atoms with Crippen LogP contribution < -0.4 is 5.32 Å². The molecule has 170 valence electrons. The van der Waals surface area contributed by atoms with Gasteiger partial charge in [-0.15, -0.1) is 0 Å². The number of benzene rings is 2. The number of hydrogen-bond acceptors (Lipinski definition) is 7. The van der Waals surface area contributed by atoms with Crippen molar-refractivity contribution in [2.24, 2.45) is 0 Å². The second kappa shape index (κ2) is 8.66. The van der Waals surface area contributed by atoms with Crippen molar-refractivity contribution in [3.8, 4) is 0 Å². The molecule has 2 aliphatic heterocycles. The summed E-state index contributed by atoms with van der Waals surface area (Å²) in [6, 6.07) is 10.5. The molecular weight excluding hydrogens is 440 g/mol. The van der Waals surface area contributed by atoms with Crippen LogP contribution in [0.4, 0.5) is 5.13 Å². The molecule has 9 heteroatoms. The first kappa shape index (κ1) is 21.7. The smallest absolute Gasteiger partial charge is 0.261 e. The molecule has 2 aromatic carbocycles. The number of ether oxygens (including phenoxy) is 1. The van der Waals surface area contributed by atoms with E-state index >= 15 is 0 Å². The summed E-state index contributed by atoms with van der Waals surface area (Å²) in [5.41, 5.74) is 2.93. The number of carbonyl (C=O) groups is 3. The Morgan fingerprint density at radius 2 is 1.85 bits per heavy atom. The lowest BCUT2D eigenvalue weighted by atomic mass is 10.1. The van der Waals surface area contributed by atoms with Gasteiger partial charge in [-0.1, -0.05) is 17.4 Å². The minimum Gasteiger partial charge on any atom is -0.379 e. The highest BCUT2D eigenvalue weighted by Gasteiger charge is 2.37. The number of imide groups is 1. The third kappa shape index (κ3) is 4.15. The van der Waals surface area contributed by atoms with Gasteiger partial charge in [-0.3, -0.25) is 29.5 Å². The number of thiazole rings is 1. The van der Waals surface area contributed by atoms with Crippen LogP contribution in [0.25, 0.3) is 10.2 Å². The molecule has 0 bridgehead atoms. The number of rotatable bonds is 5. The van der Waals surface area contributed by atoms with Gasteiger partial charge in [0.05, 0.1) is 34.6 Å². The molecule has 1 N–H and O–H groups in total. The van der Waals surface area contributed by atoms with Crippen molar-refractivity contribution < 1.29 is 19.1 Å². The van der Waals surface area contributed by atoms with Crippen molar-refractivity contribution in [3.63, 3.8) is 0 Å². The summed E-state index contributed by atoms with van der Waals surface area (Å²) in [6.45, 7) is 7.79. The van der Waals surface area contributed by atoms with Crippen LogP contribution in [0.15, 0.2) is 36.4 Å². The number of amides is 3. The van der Waals surface area contributed by atoms with Gasteiger partial charge in [0.15, 0.2) is 5.13 Å². The van der Waals surface area contributed by atoms with Gasteiger partial charge in [0, 0.05) is 31.2 Å². The van der Waals surface area contributed by atoms with E-state index in [1.54, 1.807) is 26.0 Å². The van der Waals surface area contributed by atoms with Crippen molar-refractivity contribution in [1.29, 1.82) is 0 Å². The van der Waals surface area contributed by atoms with E-state index in [1.807, 2.05) is 6.07 Å². The Hall–Kier alpha value is -3.14. The number of hydrogen-bond donors (Lipinski definition) is 1. The maximum Gasteiger partial charge on any atom is 0.261 e. The summed E-state index contributed by atoms with van der Waals surface area (Å²) in [5, 5.41) is 3.32. The first-order valence-corrected chi connectivity index (χ1v) is 11.8. The topological polar surface area (TPSA) is 91.8 Å². The molecule has 0 radical (unpaired) electrons. The Kier molecular flexibility index (Phi) is 5.69. The van der Waals surface area contributed by atoms with Crippen molar-refractivity contribution in [2.75, 3.05) is 31.6 Å². The summed E-state index contributed by atoms with van der Waals surface area (Å²) < 4.78 is 6.41. The van der Waals surface area contributed by atoms with Crippen LogP contribution in [0, 0.1) is 0 Å². The molecule has 3 aromatic rings. The molecule has 8 nitrogen and oxygen atoms in total. The van der Waals surface area contributed by atoms with Gasteiger partial charge in [0.1, 0.15) is 0 Å². The lowest BCUT2D eigenvalue weighted by Crippen LogP contribution is -2.35. The van der Waals surface area contributed by atoms with Gasteiger partial charge < -0.3 is 4.74 Å². The fraction of sp³-hybridized carbons (Fsp3) is 0.333. The Balaban J connectivity index is 1.32. The molecular formula is C24H24N4O4S. The van der Waals surface area contributed by atoms with Gasteiger partial charge in [-0.2, -0.15) is 0 Å². The third-order valence-corrected chi connectivity index (χ3v) is 6.81. The third-order valence-electron chi connectivity index (χ3n) is 5.88. The summed E-state index contributed by atoms with van der Waals surface area (Å²) in [4.78, 5) is 46.0. The van der Waals surface area contributed by atoms with Gasteiger partial charge in [-0.05, 0) is 49.7 Å². The summed E-state index contributed by atoms with van der Waals surface area (Å²) in [6.07, 6.45) is 0. The molecule has 1 fully saturated rings. The maximum absolute atomic E-state index is 12.9. The monoisotopic (exact) mass is 464 g/mol. The first-order chi connectivity index (χ1) is 15.9. The van der Waals surface area contributed by atoms with Crippen molar-refractivity contribution in [2.45, 2.75) is 26.4 Å². The number of carbonyl (C=O) groups excluding carboxylic acids is 3. The van der Waals surface area contributed by atoms with Gasteiger partial charge in [-0.25, -0.2) is 4.98 Å². The van der Waals surface area contributed by atoms with Crippen LogP contribution in [0.3, 0.4) is 0 Å². The van der Waals surface area contributed by atoms with Gasteiger partial charge in [0.2, 0.25) is 0 Å². The molecule has 33 heavy (non-hydrogen) atoms. The van der Waals surface area contributed by atoms with E-state index in [2.05, 4.69) is 27.3 Å². The molecule has 0 unspecified atom stereocenters. The fourth-order valence-corrected chi connectivity index (χ4v) is 5.10. The second-order valence-electron chi connectivity index (χ2n) is 8.50. The Labute approximate surface area is 195 Å². The molecule has 3 heterocycles. The number of anilines is 1. The summed E-state index contributed by atoms with van der Waals surface area (Å²) >= 11 is 1.41. The number of fused-ring (bicyclic) bond motifs is 2. The summed E-state index contributed by atoms with van der Waals surface area (Å²) in [7, 11) is 0. The molecule has 2 aliphatic rings. The van der Waals surface area contributed by atoms with E-state index in [0.29, 0.717) is 16.3 Å². The number of nitrogens with zero attached hydrogens (tertiary/aromatic N) is 3. The molecule has 0 saturated carbocycles. The quantitative estimate of drug-likeness (QED) is 0.582. The average Bonchev–Trinajstić information content (AvgIpc) is 3.31. The Morgan fingerprint density at radius 3 is 2.61 bits per heavy atom. The van der Waals surface area contributed by atoms with Crippen LogP contribution in [-0.2, 0) is 11.3 Å². The van der Waals surface area contributed by atoms with Crippen molar-refractivity contribution in [1.82, 2.24) is 14.8 Å². The normalized spacial score (nSPS) is 16.6. The lowest BCUT2D eigenvalue weighted by molar-refractivity contribution is 0.0342. The molecule has 5 rings (SSSR count). The molecule has 1 aromatic heterocycles. The highest BCUT2D eigenvalue weighted by Crippen LogP contribution is 2.29. The van der Waals surface area contributed by atoms with Crippen LogP contribution in [-0.4, -0.2) is 64.9 Å². The van der Waals surface area contributed by atoms with E-state index in [0.717, 1.165) is 43.1 Å². The zero-order valence-electron chi connectivity index (χ0n) is 18.5. The van der Waals surface area contributed by atoms with Crippen molar-refractivity contribution >= 4 is 44.4 Å². The predicted molar refractivity (Wildman–Crippen MR) is 126 cm³/mol. The number of morpholine rings is 1. The van der Waals surface area contributed by atoms with E-state index in [1.165, 1.54) is 27.9 Å². The lowest BCUT2D eigenvalue weighted by Gasteiger charge is -2.26. The first-order valence-electron chi connectivity index (χ1n) is 10.9. The minimum absolute atomic E-state index is 0.245. The zero-order valence-corrected chi connectivity index (χ0v) is 19.3. The minimum atomic E-state index is -0.368. The molecule has 0 aliphatic carbocycles. The fourth-order valence-electron chi connectivity index (χ4n) is 4.18. The summed E-state index contributed by atoms with van der Waals surface area (Å²) in [5.74, 6) is -1.06. The van der Waals surface area contributed by atoms with Crippen LogP contribution in [0.5, 0.6) is 0 Å². The highest BCUT2D eigenvalue weighted by atomic mass is 32.1. The second-order valence-corrected chi connectivity index (χ2v) is 9.53. The average molecular weight is 465 g/mol. The van der Waals surface area contributed by atoms with Gasteiger partial charge >= 0.3 is 0 Å². The Bertz CT molecular complexity index is 1260. The standard InChI is InChI=1S/C24H24N4O4S/c1-14(2)28-22(30)17-5-4-16(12-18(17)23(28)31)21(29)26-24-25-19-6-3-15(11-20(19)33-24)13-27-7-9-32-10-8-27/h3-6,11-12,14H,7-10,13H2,1-2H3,(H,25,26,29). The SMILES string of the molecule is CC(C)N1C(=O)c2ccc(C(=O)Nc3nc4ccc(CN5CCOCC5)cc4s3)cc2C1=O. The van der Waals surface area contributed by atoms with E-state index < -0.39 is 0 Å². The number of aromatic nitrogens is 1. The Morgan fingerprint density at radius 1 is 1.09 bits per heavy atom. The van der Waals surface area contributed by atoms with Gasteiger partial charge in [0.25, 0.3) is 17.7 Å². The van der Waals surface area contributed by atoms with Crippen molar-refractivity contribution in [3.05, 3.63) is 58.7 Å². The van der Waals surface area contributed by atoms with Crippen LogP contribution in [0.2, 0.25) is 0 Å². The maximum atomic E-state index is 12.9. The predicted octanol–water partition coefficient (Wildman–Crippen LogP) is 3.39. The molecule has 0 atom stereocenters. The van der Waals surface area contributed by atoms with Crippen LogP contribution >= 0.6 is 11.3 Å². The molecule has 1 saturated heterocycles. The van der Waals surface area contributed by atoms with Crippen LogP contribution in [0.1, 0.15) is 50.5 Å². The molecule has 0 spiro atoms. The zero-order chi connectivity index (χ0) is 23.1. The van der Waals surface area contributed by atoms with E-state index in [9.17, 15) is 14.4 Å². The largest absolute Gasteiger partial charge is 0.379 e. The van der Waals surface area contributed by atoms with E-state index in [-0.39, 0.29) is 29.3 Å². The van der Waals surface area contributed by atoms with E-state index in [4.69, 9.17) is 4.74 Å². The highest BCUT2D eigenvalue weighted by molar-refractivity contribution is 7.22.